The molecule has 0 radical (unpaired) electrons. The van der Waals surface area contributed by atoms with E-state index in [1.165, 1.54) is 11.0 Å². The van der Waals surface area contributed by atoms with Crippen LogP contribution in [0, 0.1) is 0 Å². The number of carbonyl (C=O) groups is 2. The highest BCUT2D eigenvalue weighted by molar-refractivity contribution is 6.37. The van der Waals surface area contributed by atoms with Crippen molar-refractivity contribution in [3.63, 3.8) is 0 Å². The third-order valence-corrected chi connectivity index (χ3v) is 3.48. The lowest BCUT2D eigenvalue weighted by atomic mass is 10.1. The molecule has 0 atom stereocenters. The molecular weight excluding hydrogens is 287 g/mol. The third kappa shape index (κ3) is 2.55. The van der Waals surface area contributed by atoms with Gasteiger partial charge >= 0.3 is 6.03 Å². The summed E-state index contributed by atoms with van der Waals surface area (Å²) in [6.45, 7) is 5.68. The molecule has 0 aromatic heterocycles. The van der Waals surface area contributed by atoms with Crippen molar-refractivity contribution >= 4 is 40.8 Å². The lowest BCUT2D eigenvalue weighted by molar-refractivity contribution is -0.117. The average molecular weight is 301 g/mol. The minimum absolute atomic E-state index is 0.0468. The molecule has 1 saturated heterocycles. The Morgan fingerprint density at radius 2 is 1.79 bits per heavy atom. The van der Waals surface area contributed by atoms with Crippen LogP contribution in [0.3, 0.4) is 0 Å². The largest absolute Gasteiger partial charge is 0.332 e. The zero-order valence-electron chi connectivity index (χ0n) is 10.9. The van der Waals surface area contributed by atoms with Gasteiger partial charge in [0.25, 0.3) is 5.91 Å². The summed E-state index contributed by atoms with van der Waals surface area (Å²) in [5.41, 5.74) is -0.0945. The van der Waals surface area contributed by atoms with Gasteiger partial charge in [-0.05, 0) is 39.0 Å². The Labute approximate surface area is 121 Å². The number of carbonyl (C=O) groups excluding carboxylic acids is 2. The van der Waals surface area contributed by atoms with E-state index in [0.29, 0.717) is 15.7 Å². The molecular formula is C13H14Cl2N2O2. The molecule has 3 amide bonds. The van der Waals surface area contributed by atoms with Crippen molar-refractivity contribution in [2.24, 2.45) is 0 Å². The molecule has 0 bridgehead atoms. The van der Waals surface area contributed by atoms with Crippen molar-refractivity contribution in [2.45, 2.75) is 26.3 Å². The molecule has 19 heavy (non-hydrogen) atoms. The quantitative estimate of drug-likeness (QED) is 0.744. The van der Waals surface area contributed by atoms with Gasteiger partial charge in [-0.3, -0.25) is 4.79 Å². The van der Waals surface area contributed by atoms with Crippen LogP contribution < -0.4 is 4.90 Å². The standard InChI is InChI=1S/C13H14Cl2N2O2/c1-13(2,3)16-7-11(18)17(12(16)19)10-6-8(14)4-5-9(10)15/h4-6H,7H2,1-3H3. The van der Waals surface area contributed by atoms with E-state index < -0.39 is 5.54 Å². The summed E-state index contributed by atoms with van der Waals surface area (Å²) in [6.07, 6.45) is 0. The summed E-state index contributed by atoms with van der Waals surface area (Å²) in [7, 11) is 0. The van der Waals surface area contributed by atoms with Crippen molar-refractivity contribution in [3.05, 3.63) is 28.2 Å². The van der Waals surface area contributed by atoms with Gasteiger partial charge < -0.3 is 4.90 Å². The van der Waals surface area contributed by atoms with Crippen LogP contribution in [0.5, 0.6) is 0 Å². The van der Waals surface area contributed by atoms with Gasteiger partial charge in [0.2, 0.25) is 0 Å². The molecule has 1 aromatic rings. The molecule has 0 N–H and O–H groups in total. The normalized spacial score (nSPS) is 16.5. The van der Waals surface area contributed by atoms with E-state index in [9.17, 15) is 9.59 Å². The smallest absolute Gasteiger partial charge is 0.310 e. The maximum atomic E-state index is 12.4. The van der Waals surface area contributed by atoms with E-state index in [1.54, 1.807) is 12.1 Å². The van der Waals surface area contributed by atoms with Gasteiger partial charge in [0, 0.05) is 10.6 Å². The monoisotopic (exact) mass is 300 g/mol. The number of anilines is 1. The summed E-state index contributed by atoms with van der Waals surface area (Å²) < 4.78 is 0. The minimum atomic E-state index is -0.424. The van der Waals surface area contributed by atoms with E-state index >= 15 is 0 Å². The highest BCUT2D eigenvalue weighted by Crippen LogP contribution is 2.33. The van der Waals surface area contributed by atoms with Gasteiger partial charge in [-0.15, -0.1) is 0 Å². The van der Waals surface area contributed by atoms with Crippen molar-refractivity contribution in [1.29, 1.82) is 0 Å². The van der Waals surface area contributed by atoms with Gasteiger partial charge in [0.15, 0.2) is 0 Å². The maximum Gasteiger partial charge on any atom is 0.332 e. The number of benzene rings is 1. The number of halogens is 2. The van der Waals surface area contributed by atoms with Crippen molar-refractivity contribution in [1.82, 2.24) is 4.90 Å². The second-order valence-corrected chi connectivity index (χ2v) is 6.21. The number of nitrogens with zero attached hydrogens (tertiary/aromatic N) is 2. The van der Waals surface area contributed by atoms with E-state index in [0.717, 1.165) is 4.90 Å². The molecule has 4 nitrogen and oxygen atoms in total. The predicted molar refractivity (Wildman–Crippen MR) is 75.8 cm³/mol. The topological polar surface area (TPSA) is 40.6 Å². The fourth-order valence-electron chi connectivity index (χ4n) is 1.92. The predicted octanol–water partition coefficient (Wildman–Crippen LogP) is 3.56. The lowest BCUT2D eigenvalue weighted by Crippen LogP contribution is -2.44. The van der Waals surface area contributed by atoms with E-state index in [1.807, 2.05) is 20.8 Å². The van der Waals surface area contributed by atoms with Gasteiger partial charge in [0.1, 0.15) is 6.54 Å². The number of urea groups is 1. The second kappa shape index (κ2) is 4.69. The van der Waals surface area contributed by atoms with Crippen LogP contribution in [0.4, 0.5) is 10.5 Å². The number of rotatable bonds is 1. The highest BCUT2D eigenvalue weighted by atomic mass is 35.5. The van der Waals surface area contributed by atoms with Crippen molar-refractivity contribution in [3.8, 4) is 0 Å². The van der Waals surface area contributed by atoms with Crippen LogP contribution in [0.25, 0.3) is 0 Å². The van der Waals surface area contributed by atoms with E-state index in [2.05, 4.69) is 0 Å². The molecule has 2 rings (SSSR count). The molecule has 1 heterocycles. The van der Waals surface area contributed by atoms with Crippen LogP contribution >= 0.6 is 23.2 Å². The number of hydrogen-bond acceptors (Lipinski definition) is 2. The van der Waals surface area contributed by atoms with Crippen LogP contribution in [0.15, 0.2) is 18.2 Å². The number of hydrogen-bond donors (Lipinski definition) is 0. The Morgan fingerprint density at radius 3 is 2.32 bits per heavy atom. The Morgan fingerprint density at radius 1 is 1.16 bits per heavy atom. The molecule has 102 valence electrons. The third-order valence-electron chi connectivity index (χ3n) is 2.92. The molecule has 1 aliphatic rings. The van der Waals surface area contributed by atoms with Gasteiger partial charge in [-0.1, -0.05) is 23.2 Å². The van der Waals surface area contributed by atoms with Crippen molar-refractivity contribution in [2.75, 3.05) is 11.4 Å². The molecule has 0 aliphatic carbocycles. The fourth-order valence-corrected chi connectivity index (χ4v) is 2.29. The summed E-state index contributed by atoms with van der Waals surface area (Å²) in [5.74, 6) is -0.302. The highest BCUT2D eigenvalue weighted by Gasteiger charge is 2.42. The first-order valence-corrected chi connectivity index (χ1v) is 6.57. The zero-order valence-corrected chi connectivity index (χ0v) is 12.4. The minimum Gasteiger partial charge on any atom is -0.310 e. The van der Waals surface area contributed by atoms with Crippen LogP contribution in [0.2, 0.25) is 10.0 Å². The molecule has 0 saturated carbocycles. The molecule has 1 aliphatic heterocycles. The van der Waals surface area contributed by atoms with E-state index in [-0.39, 0.29) is 18.5 Å². The Balaban J connectivity index is 2.44. The maximum absolute atomic E-state index is 12.4. The van der Waals surface area contributed by atoms with Crippen LogP contribution in [-0.4, -0.2) is 28.9 Å². The fraction of sp³-hybridized carbons (Fsp3) is 0.385. The van der Waals surface area contributed by atoms with Crippen LogP contribution in [-0.2, 0) is 4.79 Å². The second-order valence-electron chi connectivity index (χ2n) is 5.36. The lowest BCUT2D eigenvalue weighted by Gasteiger charge is -2.30. The molecule has 1 fully saturated rings. The number of imide groups is 1. The first-order chi connectivity index (χ1) is 8.71. The first-order valence-electron chi connectivity index (χ1n) is 5.81. The van der Waals surface area contributed by atoms with Crippen molar-refractivity contribution < 1.29 is 9.59 Å². The van der Waals surface area contributed by atoms with Gasteiger partial charge in [0.05, 0.1) is 10.7 Å². The van der Waals surface area contributed by atoms with Gasteiger partial charge in [-0.25, -0.2) is 9.69 Å². The summed E-state index contributed by atoms with van der Waals surface area (Å²) in [5, 5.41) is 0.746. The van der Waals surface area contributed by atoms with Crippen LogP contribution in [0.1, 0.15) is 20.8 Å². The first kappa shape index (κ1) is 14.2. The molecule has 6 heteroatoms. The Bertz CT molecular complexity index is 552. The number of amides is 3. The van der Waals surface area contributed by atoms with E-state index in [4.69, 9.17) is 23.2 Å². The SMILES string of the molecule is CC(C)(C)N1CC(=O)N(c2cc(Cl)ccc2Cl)C1=O. The Hall–Kier alpha value is -1.26. The summed E-state index contributed by atoms with van der Waals surface area (Å²) >= 11 is 11.9. The zero-order chi connectivity index (χ0) is 14.4. The van der Waals surface area contributed by atoms with Gasteiger partial charge in [-0.2, -0.15) is 0 Å². The molecule has 0 unspecified atom stereocenters. The summed E-state index contributed by atoms with van der Waals surface area (Å²) in [6, 6.07) is 4.33. The average Bonchev–Trinajstić information content (AvgIpc) is 2.58. The Kier molecular flexibility index (Phi) is 3.49. The molecule has 0 spiro atoms. The molecule has 1 aromatic carbocycles. The summed E-state index contributed by atoms with van der Waals surface area (Å²) in [4.78, 5) is 27.0.